The molecule has 0 bridgehead atoms. The Kier molecular flexibility index (Phi) is 16.9. The molecule has 3 saturated heterocycles. The van der Waals surface area contributed by atoms with E-state index in [-0.39, 0.29) is 31.4 Å². The summed E-state index contributed by atoms with van der Waals surface area (Å²) in [7, 11) is 3.10. The summed E-state index contributed by atoms with van der Waals surface area (Å²) < 4.78 is 37.4. The highest BCUT2D eigenvalue weighted by atomic mass is 16.7. The quantitative estimate of drug-likeness (QED) is 0.0878. The number of nitriles is 2. The minimum atomic E-state index is -2.02. The van der Waals surface area contributed by atoms with Gasteiger partial charge >= 0.3 is 5.97 Å². The zero-order valence-corrected chi connectivity index (χ0v) is 35.7. The molecule has 0 spiro atoms. The van der Waals surface area contributed by atoms with Crippen molar-refractivity contribution >= 4 is 5.97 Å². The molecule has 0 aromatic rings. The van der Waals surface area contributed by atoms with Crippen molar-refractivity contribution < 1.29 is 58.7 Å². The van der Waals surface area contributed by atoms with Crippen molar-refractivity contribution in [2.45, 2.75) is 185 Å². The molecular formula is C40H69N5O12. The van der Waals surface area contributed by atoms with Crippen LogP contribution in [0, 0.1) is 40.4 Å². The summed E-state index contributed by atoms with van der Waals surface area (Å²) >= 11 is 0. The van der Waals surface area contributed by atoms with E-state index in [9.17, 15) is 40.9 Å². The number of nitrogens with two attached hydrogens (primary N) is 1. The van der Waals surface area contributed by atoms with E-state index in [0.717, 1.165) is 0 Å². The summed E-state index contributed by atoms with van der Waals surface area (Å²) in [5.74, 6) is 2.91. The Bertz CT molecular complexity index is 1440. The Hall–Kier alpha value is -2.49. The van der Waals surface area contributed by atoms with Crippen LogP contribution in [-0.4, -0.2) is 152 Å². The van der Waals surface area contributed by atoms with Gasteiger partial charge in [0, 0.05) is 39.2 Å². The first-order valence-corrected chi connectivity index (χ1v) is 20.0. The van der Waals surface area contributed by atoms with Crippen molar-refractivity contribution in [2.24, 2.45) is 23.6 Å². The fourth-order valence-corrected chi connectivity index (χ4v) is 8.85. The number of likely N-dealkylation sites (N-methyl/N-ethyl adjacent to an activating group) is 1. The van der Waals surface area contributed by atoms with Crippen molar-refractivity contribution in [3.05, 3.63) is 11.8 Å². The Morgan fingerprint density at radius 2 is 1.63 bits per heavy atom. The molecule has 17 nitrogen and oxygen atoms in total. The van der Waals surface area contributed by atoms with Gasteiger partial charge in [0.15, 0.2) is 12.6 Å². The lowest BCUT2D eigenvalue weighted by molar-refractivity contribution is -0.318. The van der Waals surface area contributed by atoms with Gasteiger partial charge in [-0.05, 0) is 73.6 Å². The standard InChI is InChI=1S/C40H69N5O12/c1-13-29-40(10,51)33(47)25(6)45(20-27(17-41)18-42)19-21(2)15-38(8,50)35(57-37-31(46)28(44(11)43)14-22(3)53-37)23(4)32(24(5)36(49)55-29)56-30-16-39(9,52-12)34(48)26(7)54-30/h20-26,28-35,37,46-48,50-51H,13-16,19,43H2,1-12H3/t21-,22-,23+,24-,25-,26-,28-,29-,30-,31-,32+,33-,34-,35-,37+,38-,39+,40-/m1/s1. The summed E-state index contributed by atoms with van der Waals surface area (Å²) in [6.45, 7) is 16.7. The van der Waals surface area contributed by atoms with Crippen molar-refractivity contribution in [2.75, 3.05) is 20.7 Å². The number of esters is 1. The highest BCUT2D eigenvalue weighted by Crippen LogP contribution is 2.40. The summed E-state index contributed by atoms with van der Waals surface area (Å²) in [5, 5.41) is 79.4. The topological polar surface area (TPSA) is 254 Å². The molecule has 3 aliphatic heterocycles. The van der Waals surface area contributed by atoms with Gasteiger partial charge in [-0.2, -0.15) is 10.5 Å². The summed E-state index contributed by atoms with van der Waals surface area (Å²) in [6.07, 6.45) is -8.90. The van der Waals surface area contributed by atoms with Gasteiger partial charge in [-0.1, -0.05) is 20.8 Å². The van der Waals surface area contributed by atoms with Crippen LogP contribution in [0.2, 0.25) is 0 Å². The first kappa shape index (κ1) is 48.9. The summed E-state index contributed by atoms with van der Waals surface area (Å²) in [5.41, 5.74) is -5.10. The number of nitrogens with zero attached hydrogens (tertiary/aromatic N) is 4. The lowest BCUT2D eigenvalue weighted by Crippen LogP contribution is -2.61. The van der Waals surface area contributed by atoms with Gasteiger partial charge in [-0.3, -0.25) is 10.6 Å². The second-order valence-corrected chi connectivity index (χ2v) is 17.4. The number of aliphatic hydroxyl groups excluding tert-OH is 3. The van der Waals surface area contributed by atoms with Crippen LogP contribution in [0.1, 0.15) is 94.9 Å². The van der Waals surface area contributed by atoms with Gasteiger partial charge in [0.2, 0.25) is 0 Å². The van der Waals surface area contributed by atoms with Crippen molar-refractivity contribution in [1.29, 1.82) is 10.5 Å². The molecule has 0 amide bonds. The minimum Gasteiger partial charge on any atom is -0.459 e. The zero-order chi connectivity index (χ0) is 43.4. The Balaban J connectivity index is 2.26. The molecule has 3 aliphatic rings. The van der Waals surface area contributed by atoms with E-state index in [0.29, 0.717) is 6.42 Å². The summed E-state index contributed by atoms with van der Waals surface area (Å²) in [4.78, 5) is 15.9. The lowest BCUT2D eigenvalue weighted by Gasteiger charge is -2.48. The van der Waals surface area contributed by atoms with E-state index in [1.54, 1.807) is 60.4 Å². The number of ether oxygens (including phenoxy) is 6. The van der Waals surface area contributed by atoms with Crippen LogP contribution in [0.3, 0.4) is 0 Å². The Labute approximate surface area is 338 Å². The summed E-state index contributed by atoms with van der Waals surface area (Å²) in [6, 6.07) is 2.20. The second-order valence-electron chi connectivity index (χ2n) is 17.4. The second kappa shape index (κ2) is 19.7. The van der Waals surface area contributed by atoms with E-state index in [1.807, 2.05) is 26.0 Å². The predicted molar refractivity (Wildman–Crippen MR) is 206 cm³/mol. The van der Waals surface area contributed by atoms with E-state index in [4.69, 9.17) is 34.3 Å². The average Bonchev–Trinajstić information content (AvgIpc) is 3.14. The maximum atomic E-state index is 14.3. The molecule has 0 aliphatic carbocycles. The number of allylic oxidation sites excluding steroid dienone is 1. The number of carbonyl (C=O) groups excluding carboxylic acids is 1. The average molecular weight is 812 g/mol. The molecule has 0 unspecified atom stereocenters. The highest BCUT2D eigenvalue weighted by Gasteiger charge is 2.53. The fraction of sp³-hybridized carbons (Fsp3) is 0.875. The molecule has 0 saturated carbocycles. The van der Waals surface area contributed by atoms with Crippen molar-refractivity contribution in [3.63, 3.8) is 0 Å². The number of methoxy groups -OCH3 is 1. The third-order valence-electron chi connectivity index (χ3n) is 12.4. The minimum absolute atomic E-state index is 0.0205. The van der Waals surface area contributed by atoms with Gasteiger partial charge in [0.05, 0.1) is 53.6 Å². The van der Waals surface area contributed by atoms with E-state index < -0.39 is 114 Å². The molecule has 57 heavy (non-hydrogen) atoms. The van der Waals surface area contributed by atoms with Crippen LogP contribution in [0.15, 0.2) is 11.8 Å². The lowest BCUT2D eigenvalue weighted by atomic mass is 9.77. The van der Waals surface area contributed by atoms with Crippen molar-refractivity contribution in [1.82, 2.24) is 9.91 Å². The molecule has 17 heteroatoms. The van der Waals surface area contributed by atoms with E-state index in [2.05, 4.69) is 0 Å². The Morgan fingerprint density at radius 1 is 1.02 bits per heavy atom. The highest BCUT2D eigenvalue weighted by molar-refractivity contribution is 5.73. The molecule has 7 N–H and O–H groups in total. The van der Waals surface area contributed by atoms with Gasteiger partial charge in [0.25, 0.3) is 0 Å². The largest absolute Gasteiger partial charge is 0.459 e. The first-order valence-electron chi connectivity index (χ1n) is 20.0. The van der Waals surface area contributed by atoms with E-state index in [1.165, 1.54) is 25.2 Å². The number of hydrogen-bond acceptors (Lipinski definition) is 17. The zero-order valence-electron chi connectivity index (χ0n) is 35.7. The number of carbonyl (C=O) groups is 1. The SMILES string of the molecule is CC[C@H]1OC(=O)[C@H](C)[C@@H](O[C@@H]2C[C@](C)(OC)[C@H](O)[C@@H](C)O2)[C@H](C)[C@@H](O[C@@H]2O[C@H](C)C[C@@H](N(C)N)[C@H]2O)[C@](C)(O)C[C@@H](C)CN(C=C(C#N)C#N)[C@H](C)[C@@H](O)[C@]1(C)O. The first-order chi connectivity index (χ1) is 26.4. The molecule has 326 valence electrons. The van der Waals surface area contributed by atoms with Crippen LogP contribution in [-0.2, 0) is 33.2 Å². The molecule has 3 fully saturated rings. The number of rotatable bonds is 8. The molecule has 3 rings (SSSR count). The number of aliphatic hydroxyl groups is 5. The van der Waals surface area contributed by atoms with Crippen LogP contribution >= 0.6 is 0 Å². The van der Waals surface area contributed by atoms with Crippen molar-refractivity contribution in [3.8, 4) is 12.1 Å². The Morgan fingerprint density at radius 3 is 2.18 bits per heavy atom. The molecule has 0 aromatic carbocycles. The molecule has 3 heterocycles. The molecule has 0 aromatic heterocycles. The van der Waals surface area contributed by atoms with Gasteiger partial charge in [-0.15, -0.1) is 0 Å². The smallest absolute Gasteiger partial charge is 0.311 e. The fourth-order valence-electron chi connectivity index (χ4n) is 8.85. The normalized spacial score (nSPS) is 45.5. The van der Waals surface area contributed by atoms with Gasteiger partial charge < -0.3 is 58.9 Å². The van der Waals surface area contributed by atoms with Crippen LogP contribution in [0.4, 0.5) is 0 Å². The van der Waals surface area contributed by atoms with Crippen LogP contribution in [0.5, 0.6) is 0 Å². The van der Waals surface area contributed by atoms with E-state index >= 15 is 0 Å². The third-order valence-corrected chi connectivity index (χ3v) is 12.4. The molecule has 18 atom stereocenters. The number of hydrazine groups is 1. The van der Waals surface area contributed by atoms with Gasteiger partial charge in [-0.25, -0.2) is 5.01 Å². The van der Waals surface area contributed by atoms with Crippen LogP contribution in [0.25, 0.3) is 0 Å². The maximum Gasteiger partial charge on any atom is 0.311 e. The molecule has 0 radical (unpaired) electrons. The predicted octanol–water partition coefficient (Wildman–Crippen LogP) is 1.45. The van der Waals surface area contributed by atoms with Crippen LogP contribution < -0.4 is 5.84 Å². The number of cyclic esters (lactones) is 1. The number of hydrogen-bond donors (Lipinski definition) is 6. The third kappa shape index (κ3) is 11.2. The monoisotopic (exact) mass is 811 g/mol. The maximum absolute atomic E-state index is 14.3. The molecular weight excluding hydrogens is 742 g/mol. The van der Waals surface area contributed by atoms with Gasteiger partial charge in [0.1, 0.15) is 47.7 Å².